The Morgan fingerprint density at radius 3 is 2.56 bits per heavy atom. The maximum Gasteiger partial charge on any atom is 0.237 e. The Morgan fingerprint density at radius 1 is 1.24 bits per heavy atom. The van der Waals surface area contributed by atoms with Crippen LogP contribution in [0, 0.1) is 5.82 Å². The van der Waals surface area contributed by atoms with Gasteiger partial charge < -0.3 is 9.64 Å². The van der Waals surface area contributed by atoms with Gasteiger partial charge in [-0.15, -0.1) is 0 Å². The molecule has 180 valence electrons. The molecule has 0 aliphatic carbocycles. The molecule has 0 aromatic heterocycles. The minimum Gasteiger partial charge on any atom is -0.362 e. The van der Waals surface area contributed by atoms with Crippen LogP contribution in [0.1, 0.15) is 28.7 Å². The molecule has 3 aliphatic rings. The lowest BCUT2D eigenvalue weighted by atomic mass is 9.84. The maximum absolute atomic E-state index is 15.7. The quantitative estimate of drug-likeness (QED) is 0.419. The number of fused-ring (bicyclic) bond motifs is 2. The Morgan fingerprint density at radius 2 is 1.91 bits per heavy atom. The smallest absolute Gasteiger partial charge is 0.237 e. The molecule has 1 spiro atoms. The van der Waals surface area contributed by atoms with Crippen molar-refractivity contribution >= 4 is 56.6 Å². The van der Waals surface area contributed by atoms with Crippen molar-refractivity contribution in [1.82, 2.24) is 4.90 Å². The molecule has 0 saturated carbocycles. The van der Waals surface area contributed by atoms with Crippen LogP contribution in [0.15, 0.2) is 34.7 Å². The third kappa shape index (κ3) is 4.13. The highest BCUT2D eigenvalue weighted by Crippen LogP contribution is 2.50. The number of rotatable bonds is 4. The van der Waals surface area contributed by atoms with Gasteiger partial charge in [-0.25, -0.2) is 21.6 Å². The fraction of sp³-hybridized carbons (Fsp3) is 0.364. The number of sulfone groups is 1. The molecule has 6 nitrogen and oxygen atoms in total. The summed E-state index contributed by atoms with van der Waals surface area (Å²) in [5.41, 5.74) is 2.59. The van der Waals surface area contributed by atoms with Gasteiger partial charge in [0.15, 0.2) is 15.7 Å². The summed E-state index contributed by atoms with van der Waals surface area (Å²) in [6.45, 7) is 0.885. The molecule has 12 heteroatoms. The van der Waals surface area contributed by atoms with Gasteiger partial charge >= 0.3 is 0 Å². The van der Waals surface area contributed by atoms with Gasteiger partial charge in [0.2, 0.25) is 10.9 Å². The van der Waals surface area contributed by atoms with Crippen molar-refractivity contribution in [2.75, 3.05) is 25.1 Å². The van der Waals surface area contributed by atoms with Crippen LogP contribution >= 0.6 is 35.1 Å². The van der Waals surface area contributed by atoms with Crippen molar-refractivity contribution in [3.8, 4) is 0 Å². The Bertz CT molecular complexity index is 1340. The SMILES string of the molecule is CS(=O)(=O)CC(=O)N1CC2(C1)OCc1cc(C3=NSC(F)(c4cc(Cl)c(F)c(Cl)c4)C3)ccc12. The molecule has 0 N–H and O–H groups in total. The van der Waals surface area contributed by atoms with Gasteiger partial charge in [-0.3, -0.25) is 4.79 Å². The number of amides is 1. The number of nitrogens with zero attached hydrogens (tertiary/aromatic N) is 2. The summed E-state index contributed by atoms with van der Waals surface area (Å²) < 4.78 is 62.5. The van der Waals surface area contributed by atoms with Crippen LogP contribution in [0.5, 0.6) is 0 Å². The number of likely N-dealkylation sites (tertiary alicyclic amines) is 1. The van der Waals surface area contributed by atoms with Gasteiger partial charge in [-0.05, 0) is 34.9 Å². The van der Waals surface area contributed by atoms with Gasteiger partial charge in [-0.1, -0.05) is 35.3 Å². The number of alkyl halides is 1. The molecular formula is C22H18Cl2F2N2O4S2. The zero-order valence-electron chi connectivity index (χ0n) is 17.8. The normalized spacial score (nSPS) is 23.1. The maximum atomic E-state index is 15.7. The van der Waals surface area contributed by atoms with Crippen molar-refractivity contribution in [2.45, 2.75) is 23.6 Å². The Hall–Kier alpha value is -1.72. The second-order valence-corrected chi connectivity index (χ2v) is 12.7. The Balaban J connectivity index is 1.32. The third-order valence-electron chi connectivity index (χ3n) is 6.17. The fourth-order valence-electron chi connectivity index (χ4n) is 4.44. The first-order valence-corrected chi connectivity index (χ1v) is 13.8. The molecule has 3 aliphatic heterocycles. The van der Waals surface area contributed by atoms with Crippen molar-refractivity contribution < 1.29 is 26.7 Å². The molecule has 3 heterocycles. The summed E-state index contributed by atoms with van der Waals surface area (Å²) in [4.78, 5) is 13.6. The molecule has 1 atom stereocenters. The molecule has 2 aromatic carbocycles. The zero-order chi connectivity index (χ0) is 24.5. The Kier molecular flexibility index (Phi) is 5.76. The summed E-state index contributed by atoms with van der Waals surface area (Å²) in [7, 11) is -3.40. The van der Waals surface area contributed by atoms with Crippen LogP contribution in [-0.2, 0) is 36.6 Å². The lowest BCUT2D eigenvalue weighted by Crippen LogP contribution is -2.62. The summed E-state index contributed by atoms with van der Waals surface area (Å²) in [5, 5.41) is -2.43. The van der Waals surface area contributed by atoms with Crippen molar-refractivity contribution in [3.05, 3.63) is 68.4 Å². The highest BCUT2D eigenvalue weighted by Gasteiger charge is 2.52. The average Bonchev–Trinajstić information content (AvgIpc) is 3.31. The van der Waals surface area contributed by atoms with E-state index in [1.54, 1.807) is 0 Å². The zero-order valence-corrected chi connectivity index (χ0v) is 20.9. The van der Waals surface area contributed by atoms with Crippen LogP contribution in [0.3, 0.4) is 0 Å². The number of ether oxygens (including phenoxy) is 1. The second-order valence-electron chi connectivity index (χ2n) is 8.76. The minimum absolute atomic E-state index is 0.0471. The predicted octanol–water partition coefficient (Wildman–Crippen LogP) is 4.41. The van der Waals surface area contributed by atoms with E-state index in [0.717, 1.165) is 34.9 Å². The number of hydrogen-bond acceptors (Lipinski definition) is 6. The van der Waals surface area contributed by atoms with Crippen molar-refractivity contribution in [1.29, 1.82) is 0 Å². The van der Waals surface area contributed by atoms with E-state index >= 15 is 4.39 Å². The monoisotopic (exact) mass is 546 g/mol. The highest BCUT2D eigenvalue weighted by molar-refractivity contribution is 7.99. The van der Waals surface area contributed by atoms with E-state index < -0.39 is 37.9 Å². The van der Waals surface area contributed by atoms with E-state index in [-0.39, 0.29) is 35.1 Å². The molecular weight excluding hydrogens is 529 g/mol. The fourth-order valence-corrected chi connectivity index (χ4v) is 6.41. The van der Waals surface area contributed by atoms with Crippen molar-refractivity contribution in [2.24, 2.45) is 4.40 Å². The number of carbonyl (C=O) groups is 1. The molecule has 1 amide bonds. The largest absolute Gasteiger partial charge is 0.362 e. The highest BCUT2D eigenvalue weighted by atomic mass is 35.5. The summed E-state index contributed by atoms with van der Waals surface area (Å²) >= 11 is 12.4. The molecule has 1 saturated heterocycles. The topological polar surface area (TPSA) is 76.0 Å². The van der Waals surface area contributed by atoms with Crippen molar-refractivity contribution in [3.63, 3.8) is 0 Å². The Labute approximate surface area is 209 Å². The number of benzene rings is 2. The number of carbonyl (C=O) groups excluding carboxylic acids is 1. The van der Waals surface area contributed by atoms with E-state index in [4.69, 9.17) is 27.9 Å². The molecule has 34 heavy (non-hydrogen) atoms. The molecule has 1 fully saturated rings. The van der Waals surface area contributed by atoms with Gasteiger partial charge in [-0.2, -0.15) is 0 Å². The van der Waals surface area contributed by atoms with E-state index in [2.05, 4.69) is 4.40 Å². The van der Waals surface area contributed by atoms with Crippen LogP contribution in [-0.4, -0.2) is 50.0 Å². The van der Waals surface area contributed by atoms with Crippen LogP contribution in [0.25, 0.3) is 0 Å². The van der Waals surface area contributed by atoms with Crippen LogP contribution in [0.4, 0.5) is 8.78 Å². The summed E-state index contributed by atoms with van der Waals surface area (Å²) in [6, 6.07) is 8.05. The van der Waals surface area contributed by atoms with E-state index in [0.29, 0.717) is 12.3 Å². The minimum atomic E-state index is -3.40. The van der Waals surface area contributed by atoms with Gasteiger partial charge in [0.05, 0.1) is 35.5 Å². The molecule has 0 bridgehead atoms. The predicted molar refractivity (Wildman–Crippen MR) is 127 cm³/mol. The van der Waals surface area contributed by atoms with Gasteiger partial charge in [0, 0.05) is 30.2 Å². The summed E-state index contributed by atoms with van der Waals surface area (Å²) in [5.74, 6) is -1.76. The van der Waals surface area contributed by atoms with Crippen LogP contribution < -0.4 is 0 Å². The molecule has 0 radical (unpaired) electrons. The average molecular weight is 547 g/mol. The van der Waals surface area contributed by atoms with E-state index in [1.165, 1.54) is 17.0 Å². The second kappa shape index (κ2) is 8.16. The lowest BCUT2D eigenvalue weighted by molar-refractivity contribution is -0.166. The first kappa shape index (κ1) is 24.0. The van der Waals surface area contributed by atoms with E-state index in [1.807, 2.05) is 18.2 Å². The van der Waals surface area contributed by atoms with E-state index in [9.17, 15) is 17.6 Å². The first-order chi connectivity index (χ1) is 15.9. The molecule has 5 rings (SSSR count). The number of hydrogen-bond donors (Lipinski definition) is 0. The third-order valence-corrected chi connectivity index (χ3v) is 8.48. The molecule has 2 aromatic rings. The summed E-state index contributed by atoms with van der Waals surface area (Å²) in [6.07, 6.45) is 0.979. The number of halogens is 4. The molecule has 1 unspecified atom stereocenters. The first-order valence-electron chi connectivity index (χ1n) is 10.2. The standard InChI is InChI=1S/C22H18Cl2F2N2O4S2/c1-34(30,31)9-19(29)28-10-21(11-28)15-3-2-12(4-13(15)8-32-21)18-7-22(26,33-27-18)14-5-16(23)20(25)17(24)6-14/h2-6H,7-11H2,1H3. The van der Waals surface area contributed by atoms with Crippen LogP contribution in [0.2, 0.25) is 10.0 Å². The van der Waals surface area contributed by atoms with Gasteiger partial charge in [0.1, 0.15) is 11.4 Å². The lowest BCUT2D eigenvalue weighted by Gasteiger charge is -2.47. The van der Waals surface area contributed by atoms with Gasteiger partial charge in [0.25, 0.3) is 0 Å².